The summed E-state index contributed by atoms with van der Waals surface area (Å²) in [5, 5.41) is 7.53. The Hall–Kier alpha value is -5.08. The van der Waals surface area contributed by atoms with Gasteiger partial charge in [-0.15, -0.1) is 0 Å². The Morgan fingerprint density at radius 3 is 1.95 bits per heavy atom. The highest BCUT2D eigenvalue weighted by Gasteiger charge is 2.14. The van der Waals surface area contributed by atoms with Crippen molar-refractivity contribution in [2.24, 2.45) is 0 Å². The Morgan fingerprint density at radius 2 is 1.08 bits per heavy atom. The number of nitrogens with zero attached hydrogens (tertiary/aromatic N) is 2. The molecule has 178 valence electrons. The van der Waals surface area contributed by atoms with Gasteiger partial charge in [0.1, 0.15) is 0 Å². The zero-order valence-electron chi connectivity index (χ0n) is 20.8. The van der Waals surface area contributed by atoms with Gasteiger partial charge in [0.15, 0.2) is 0 Å². The van der Waals surface area contributed by atoms with Crippen LogP contribution in [0, 0.1) is 0 Å². The van der Waals surface area contributed by atoms with E-state index in [2.05, 4.69) is 155 Å². The molecule has 8 aromatic rings. The van der Waals surface area contributed by atoms with Crippen molar-refractivity contribution >= 4 is 43.4 Å². The van der Waals surface area contributed by atoms with Gasteiger partial charge in [0.05, 0.1) is 16.7 Å². The van der Waals surface area contributed by atoms with Crippen LogP contribution in [0.5, 0.6) is 0 Å². The molecule has 0 saturated heterocycles. The summed E-state index contributed by atoms with van der Waals surface area (Å²) in [6, 6.07) is 48.2. The third-order valence-electron chi connectivity index (χ3n) is 7.77. The van der Waals surface area contributed by atoms with Crippen molar-refractivity contribution < 1.29 is 0 Å². The molecule has 0 spiro atoms. The second kappa shape index (κ2) is 8.22. The Balaban J connectivity index is 1.31. The zero-order valence-corrected chi connectivity index (χ0v) is 20.8. The number of benzene rings is 6. The van der Waals surface area contributed by atoms with E-state index in [-0.39, 0.29) is 0 Å². The maximum absolute atomic E-state index is 2.35. The van der Waals surface area contributed by atoms with E-state index in [1.54, 1.807) is 0 Å². The van der Waals surface area contributed by atoms with Gasteiger partial charge in [-0.2, -0.15) is 0 Å². The molecular weight excluding hydrogens is 460 g/mol. The van der Waals surface area contributed by atoms with E-state index in [0.29, 0.717) is 0 Å². The molecule has 0 atom stereocenters. The quantitative estimate of drug-likeness (QED) is 0.236. The minimum atomic E-state index is 1.17. The van der Waals surface area contributed by atoms with Crippen molar-refractivity contribution in [3.63, 3.8) is 0 Å². The first-order valence-electron chi connectivity index (χ1n) is 13.0. The highest BCUT2D eigenvalue weighted by Crippen LogP contribution is 2.38. The average molecular weight is 485 g/mol. The lowest BCUT2D eigenvalue weighted by atomic mass is 9.95. The molecule has 0 amide bonds. The third kappa shape index (κ3) is 3.14. The fraction of sp³-hybridized carbons (Fsp3) is 0. The molecule has 0 saturated carbocycles. The molecule has 8 rings (SSSR count). The summed E-state index contributed by atoms with van der Waals surface area (Å²) in [6.45, 7) is 0. The molecule has 0 N–H and O–H groups in total. The van der Waals surface area contributed by atoms with Gasteiger partial charge in [0, 0.05) is 34.2 Å². The lowest BCUT2D eigenvalue weighted by Crippen LogP contribution is -1.95. The first-order chi connectivity index (χ1) is 18.8. The van der Waals surface area contributed by atoms with Crippen LogP contribution < -0.4 is 0 Å². The fourth-order valence-electron chi connectivity index (χ4n) is 5.97. The number of rotatable bonds is 3. The smallest absolute Gasteiger partial charge is 0.0607 e. The van der Waals surface area contributed by atoms with E-state index < -0.39 is 0 Å². The molecule has 0 radical (unpaired) electrons. The molecule has 6 aromatic carbocycles. The summed E-state index contributed by atoms with van der Waals surface area (Å²) in [7, 11) is 0. The van der Waals surface area contributed by atoms with E-state index >= 15 is 0 Å². The van der Waals surface area contributed by atoms with E-state index in [1.807, 2.05) is 0 Å². The molecule has 0 unspecified atom stereocenters. The lowest BCUT2D eigenvalue weighted by molar-refractivity contribution is 1.13. The van der Waals surface area contributed by atoms with Gasteiger partial charge in [-0.25, -0.2) is 0 Å². The third-order valence-corrected chi connectivity index (χ3v) is 7.77. The number of para-hydroxylation sites is 1. The van der Waals surface area contributed by atoms with Crippen molar-refractivity contribution in [1.82, 2.24) is 9.13 Å². The molecular formula is C36H24N2. The Kier molecular flexibility index (Phi) is 4.55. The van der Waals surface area contributed by atoms with Gasteiger partial charge in [-0.05, 0) is 69.8 Å². The number of hydrogen-bond acceptors (Lipinski definition) is 0. The highest BCUT2D eigenvalue weighted by atomic mass is 15.0. The van der Waals surface area contributed by atoms with Crippen LogP contribution in [-0.4, -0.2) is 9.13 Å². The van der Waals surface area contributed by atoms with Gasteiger partial charge >= 0.3 is 0 Å². The summed E-state index contributed by atoms with van der Waals surface area (Å²) < 4.78 is 4.61. The van der Waals surface area contributed by atoms with Gasteiger partial charge in [0.2, 0.25) is 0 Å². The summed E-state index contributed by atoms with van der Waals surface area (Å²) in [6.07, 6.45) is 4.36. The van der Waals surface area contributed by atoms with Crippen LogP contribution >= 0.6 is 0 Å². The number of hydrogen-bond donors (Lipinski definition) is 0. The van der Waals surface area contributed by atoms with Crippen LogP contribution in [0.3, 0.4) is 0 Å². The van der Waals surface area contributed by atoms with Crippen molar-refractivity contribution in [3.05, 3.63) is 146 Å². The van der Waals surface area contributed by atoms with Crippen LogP contribution in [-0.2, 0) is 0 Å². The lowest BCUT2D eigenvalue weighted by Gasteiger charge is -2.14. The monoisotopic (exact) mass is 484 g/mol. The molecule has 2 aromatic heterocycles. The molecule has 0 aliphatic heterocycles. The Morgan fingerprint density at radius 1 is 0.421 bits per heavy atom. The predicted molar refractivity (Wildman–Crippen MR) is 161 cm³/mol. The summed E-state index contributed by atoms with van der Waals surface area (Å²) in [5.74, 6) is 0. The Labute approximate surface area is 220 Å². The maximum atomic E-state index is 2.35. The van der Waals surface area contributed by atoms with Crippen molar-refractivity contribution in [3.8, 4) is 22.5 Å². The van der Waals surface area contributed by atoms with Crippen LogP contribution in [0.2, 0.25) is 0 Å². The van der Waals surface area contributed by atoms with Gasteiger partial charge < -0.3 is 9.13 Å². The Bertz CT molecular complexity index is 2120. The minimum absolute atomic E-state index is 1.17. The molecule has 0 bridgehead atoms. The molecule has 0 aliphatic carbocycles. The topological polar surface area (TPSA) is 9.86 Å². The first-order valence-corrected chi connectivity index (χ1v) is 13.0. The summed E-state index contributed by atoms with van der Waals surface area (Å²) in [4.78, 5) is 0. The largest absolute Gasteiger partial charge is 0.317 e. The van der Waals surface area contributed by atoms with Gasteiger partial charge in [-0.3, -0.25) is 0 Å². The second-order valence-electron chi connectivity index (χ2n) is 9.88. The molecule has 2 heteroatoms. The van der Waals surface area contributed by atoms with Crippen LogP contribution in [0.15, 0.2) is 146 Å². The highest BCUT2D eigenvalue weighted by molar-refractivity contribution is 6.13. The van der Waals surface area contributed by atoms with Crippen LogP contribution in [0.1, 0.15) is 0 Å². The van der Waals surface area contributed by atoms with Crippen molar-refractivity contribution in [2.45, 2.75) is 0 Å². The SMILES string of the molecule is c1ccc2c(-n3ccc4cc(-c5ccc(-n6ccc7ccccc76)cc5)c5ccccc5c43)cccc2c1. The van der Waals surface area contributed by atoms with E-state index in [9.17, 15) is 0 Å². The minimum Gasteiger partial charge on any atom is -0.317 e. The fourth-order valence-corrected chi connectivity index (χ4v) is 5.97. The van der Waals surface area contributed by atoms with Gasteiger partial charge in [0.25, 0.3) is 0 Å². The predicted octanol–water partition coefficient (Wildman–Crippen LogP) is 9.55. The average Bonchev–Trinajstić information content (AvgIpc) is 3.61. The van der Waals surface area contributed by atoms with E-state index in [1.165, 1.54) is 65.9 Å². The van der Waals surface area contributed by atoms with Gasteiger partial charge in [-0.1, -0.05) is 91.0 Å². The second-order valence-corrected chi connectivity index (χ2v) is 9.88. The summed E-state index contributed by atoms with van der Waals surface area (Å²) >= 11 is 0. The molecule has 2 nitrogen and oxygen atoms in total. The normalized spacial score (nSPS) is 11.7. The molecule has 0 aliphatic rings. The van der Waals surface area contributed by atoms with Crippen molar-refractivity contribution in [2.75, 3.05) is 0 Å². The van der Waals surface area contributed by atoms with E-state index in [0.717, 1.165) is 0 Å². The van der Waals surface area contributed by atoms with E-state index in [4.69, 9.17) is 0 Å². The maximum Gasteiger partial charge on any atom is 0.0607 e. The summed E-state index contributed by atoms with van der Waals surface area (Å²) in [5.41, 5.74) is 7.33. The number of aromatic nitrogens is 2. The van der Waals surface area contributed by atoms with Crippen LogP contribution in [0.25, 0.3) is 65.9 Å². The molecule has 2 heterocycles. The van der Waals surface area contributed by atoms with Crippen LogP contribution in [0.4, 0.5) is 0 Å². The standard InChI is InChI=1S/C36H24N2/c1-3-11-30-25(8-1)10-7-15-35(30)38-23-21-28-24-33(31-12-4-5-13-32(31)36(28)38)26-16-18-29(19-17-26)37-22-20-27-9-2-6-14-34(27)37/h1-24H. The first kappa shape index (κ1) is 21.0. The molecule has 38 heavy (non-hydrogen) atoms. The van der Waals surface area contributed by atoms with Crippen molar-refractivity contribution in [1.29, 1.82) is 0 Å². The zero-order chi connectivity index (χ0) is 25.1. The molecule has 0 fully saturated rings. The number of fused-ring (bicyclic) bond motifs is 5.